The Hall–Kier alpha value is -1.30. The number of sulfonamides is 1. The van der Waals surface area contributed by atoms with E-state index in [1.54, 1.807) is 11.6 Å². The van der Waals surface area contributed by atoms with Gasteiger partial charge in [0.1, 0.15) is 6.07 Å². The molecule has 20 heavy (non-hydrogen) atoms. The van der Waals surface area contributed by atoms with E-state index in [4.69, 9.17) is 16.9 Å². The molecular weight excluding hydrogens is 302 g/mol. The predicted octanol–water partition coefficient (Wildman–Crippen LogP) is 0.781. The van der Waals surface area contributed by atoms with Gasteiger partial charge in [0.2, 0.25) is 16.0 Å². The molecule has 1 aromatic heterocycles. The van der Waals surface area contributed by atoms with Gasteiger partial charge in [-0.2, -0.15) is 10.2 Å². The Labute approximate surface area is 123 Å². The second kappa shape index (κ2) is 5.60. The van der Waals surface area contributed by atoms with Crippen molar-refractivity contribution in [3.8, 4) is 6.07 Å². The molecule has 1 aliphatic heterocycles. The summed E-state index contributed by atoms with van der Waals surface area (Å²) in [7, 11) is -1.40. The Morgan fingerprint density at radius 2 is 2.05 bits per heavy atom. The van der Waals surface area contributed by atoms with E-state index in [2.05, 4.69) is 10.3 Å². The van der Waals surface area contributed by atoms with E-state index in [9.17, 15) is 8.42 Å². The standard InChI is InChI=1S/C11H16ClN5O2S/c1-16-9(7-13)10(12)15-11(16)14-8-3-5-17(6-4-8)20(2,18)19/h8H,3-6H2,1-2H3,(H,14,15). The van der Waals surface area contributed by atoms with Crippen molar-refractivity contribution in [3.05, 3.63) is 10.8 Å². The molecule has 1 aliphatic rings. The first kappa shape index (κ1) is 15.1. The fourth-order valence-electron chi connectivity index (χ4n) is 2.23. The number of nitrogens with one attached hydrogen (secondary N) is 1. The summed E-state index contributed by atoms with van der Waals surface area (Å²) < 4.78 is 25.9. The Morgan fingerprint density at radius 3 is 2.50 bits per heavy atom. The highest BCUT2D eigenvalue weighted by Gasteiger charge is 2.26. The van der Waals surface area contributed by atoms with Crippen LogP contribution in [-0.4, -0.2) is 47.7 Å². The summed E-state index contributed by atoms with van der Waals surface area (Å²) in [5, 5.41) is 12.3. The van der Waals surface area contributed by atoms with Gasteiger partial charge in [0.25, 0.3) is 0 Å². The van der Waals surface area contributed by atoms with Gasteiger partial charge in [-0.15, -0.1) is 0 Å². The minimum Gasteiger partial charge on any atom is -0.353 e. The highest BCUT2D eigenvalue weighted by atomic mass is 35.5. The van der Waals surface area contributed by atoms with Gasteiger partial charge in [-0.3, -0.25) is 0 Å². The van der Waals surface area contributed by atoms with Crippen LogP contribution in [0.4, 0.5) is 5.95 Å². The number of nitrogens with zero attached hydrogens (tertiary/aromatic N) is 4. The Balaban J connectivity index is 2.02. The molecule has 7 nitrogen and oxygen atoms in total. The average Bonchev–Trinajstić information content (AvgIpc) is 2.63. The number of hydrogen-bond acceptors (Lipinski definition) is 5. The van der Waals surface area contributed by atoms with Gasteiger partial charge in [-0.1, -0.05) is 11.6 Å². The monoisotopic (exact) mass is 317 g/mol. The van der Waals surface area contributed by atoms with Crippen LogP contribution in [0.3, 0.4) is 0 Å². The SMILES string of the molecule is Cn1c(NC2CCN(S(C)(=O)=O)CC2)nc(Cl)c1C#N. The van der Waals surface area contributed by atoms with Crippen LogP contribution in [0.5, 0.6) is 0 Å². The summed E-state index contributed by atoms with van der Waals surface area (Å²) in [5.74, 6) is 0.532. The van der Waals surface area contributed by atoms with Crippen LogP contribution in [-0.2, 0) is 17.1 Å². The molecular formula is C11H16ClN5O2S. The molecule has 1 aromatic rings. The summed E-state index contributed by atoms with van der Waals surface area (Å²) in [4.78, 5) is 4.11. The number of rotatable bonds is 3. The quantitative estimate of drug-likeness (QED) is 0.889. The van der Waals surface area contributed by atoms with Crippen LogP contribution in [0.15, 0.2) is 0 Å². The minimum atomic E-state index is -3.12. The first-order chi connectivity index (χ1) is 9.32. The molecule has 1 N–H and O–H groups in total. The lowest BCUT2D eigenvalue weighted by Gasteiger charge is -2.30. The number of piperidine rings is 1. The molecule has 0 aromatic carbocycles. The van der Waals surface area contributed by atoms with Crippen molar-refractivity contribution in [3.63, 3.8) is 0 Å². The predicted molar refractivity (Wildman–Crippen MR) is 76.0 cm³/mol. The maximum Gasteiger partial charge on any atom is 0.211 e. The molecule has 2 heterocycles. The first-order valence-electron chi connectivity index (χ1n) is 6.17. The number of anilines is 1. The molecule has 0 spiro atoms. The fourth-order valence-corrected chi connectivity index (χ4v) is 3.35. The van der Waals surface area contributed by atoms with Crippen molar-refractivity contribution in [1.29, 1.82) is 5.26 Å². The fraction of sp³-hybridized carbons (Fsp3) is 0.636. The van der Waals surface area contributed by atoms with Crippen LogP contribution in [0.1, 0.15) is 18.5 Å². The van der Waals surface area contributed by atoms with E-state index >= 15 is 0 Å². The van der Waals surface area contributed by atoms with E-state index in [1.807, 2.05) is 6.07 Å². The molecule has 0 saturated carbocycles. The van der Waals surface area contributed by atoms with E-state index in [0.717, 1.165) is 0 Å². The number of nitriles is 1. The van der Waals surface area contributed by atoms with Gasteiger partial charge in [0, 0.05) is 26.2 Å². The maximum atomic E-state index is 11.4. The molecule has 0 bridgehead atoms. The molecule has 1 fully saturated rings. The Morgan fingerprint density at radius 1 is 1.45 bits per heavy atom. The molecule has 0 amide bonds. The van der Waals surface area contributed by atoms with E-state index in [1.165, 1.54) is 10.6 Å². The Kier molecular flexibility index (Phi) is 4.22. The average molecular weight is 318 g/mol. The molecule has 9 heteroatoms. The zero-order valence-corrected chi connectivity index (χ0v) is 12.9. The van der Waals surface area contributed by atoms with Gasteiger partial charge in [-0.05, 0) is 12.8 Å². The molecule has 110 valence electrons. The van der Waals surface area contributed by atoms with Crippen molar-refractivity contribution >= 4 is 27.6 Å². The summed E-state index contributed by atoms with van der Waals surface area (Å²) in [6.45, 7) is 0.972. The second-order valence-electron chi connectivity index (χ2n) is 4.83. The number of hydrogen-bond donors (Lipinski definition) is 1. The third kappa shape index (κ3) is 3.06. The van der Waals surface area contributed by atoms with Crippen LogP contribution in [0, 0.1) is 11.3 Å². The molecule has 0 unspecified atom stereocenters. The summed E-state index contributed by atoms with van der Waals surface area (Å²) in [6, 6.07) is 2.11. The van der Waals surface area contributed by atoms with E-state index in [0.29, 0.717) is 37.6 Å². The number of imidazole rings is 1. The lowest BCUT2D eigenvalue weighted by molar-refractivity contribution is 0.331. The highest BCUT2D eigenvalue weighted by Crippen LogP contribution is 2.22. The summed E-state index contributed by atoms with van der Waals surface area (Å²) in [6.07, 6.45) is 2.61. The first-order valence-corrected chi connectivity index (χ1v) is 8.39. The largest absolute Gasteiger partial charge is 0.353 e. The van der Waals surface area contributed by atoms with Crippen molar-refractivity contribution in [2.75, 3.05) is 24.7 Å². The Bertz CT molecular complexity index is 641. The molecule has 0 atom stereocenters. The van der Waals surface area contributed by atoms with Crippen molar-refractivity contribution < 1.29 is 8.42 Å². The molecule has 0 radical (unpaired) electrons. The van der Waals surface area contributed by atoms with Crippen LogP contribution >= 0.6 is 11.6 Å². The normalized spacial score (nSPS) is 17.9. The zero-order valence-electron chi connectivity index (χ0n) is 11.3. The van der Waals surface area contributed by atoms with Crippen LogP contribution in [0.25, 0.3) is 0 Å². The number of aromatic nitrogens is 2. The third-order valence-corrected chi connectivity index (χ3v) is 4.98. The smallest absolute Gasteiger partial charge is 0.211 e. The van der Waals surface area contributed by atoms with Gasteiger partial charge < -0.3 is 9.88 Å². The number of halogens is 1. The third-order valence-electron chi connectivity index (χ3n) is 3.41. The van der Waals surface area contributed by atoms with E-state index in [-0.39, 0.29) is 11.2 Å². The van der Waals surface area contributed by atoms with Gasteiger partial charge >= 0.3 is 0 Å². The van der Waals surface area contributed by atoms with Crippen molar-refractivity contribution in [2.45, 2.75) is 18.9 Å². The molecule has 2 rings (SSSR count). The van der Waals surface area contributed by atoms with Crippen molar-refractivity contribution in [2.24, 2.45) is 7.05 Å². The lowest BCUT2D eigenvalue weighted by atomic mass is 10.1. The van der Waals surface area contributed by atoms with Gasteiger partial charge in [-0.25, -0.2) is 12.7 Å². The molecule has 1 saturated heterocycles. The van der Waals surface area contributed by atoms with E-state index < -0.39 is 10.0 Å². The summed E-state index contributed by atoms with van der Waals surface area (Å²) in [5.41, 5.74) is 0.308. The maximum absolute atomic E-state index is 11.4. The lowest BCUT2D eigenvalue weighted by Crippen LogP contribution is -2.42. The highest BCUT2D eigenvalue weighted by molar-refractivity contribution is 7.88. The topological polar surface area (TPSA) is 91.0 Å². The van der Waals surface area contributed by atoms with Crippen LogP contribution in [0.2, 0.25) is 5.15 Å². The van der Waals surface area contributed by atoms with Crippen molar-refractivity contribution in [1.82, 2.24) is 13.9 Å². The minimum absolute atomic E-state index is 0.122. The summed E-state index contributed by atoms with van der Waals surface area (Å²) >= 11 is 5.87. The second-order valence-corrected chi connectivity index (χ2v) is 7.17. The molecule has 0 aliphatic carbocycles. The van der Waals surface area contributed by atoms with Gasteiger partial charge in [0.05, 0.1) is 6.26 Å². The van der Waals surface area contributed by atoms with Crippen LogP contribution < -0.4 is 5.32 Å². The zero-order chi connectivity index (χ0) is 14.9. The van der Waals surface area contributed by atoms with Gasteiger partial charge in [0.15, 0.2) is 10.8 Å².